The van der Waals surface area contributed by atoms with Gasteiger partial charge in [-0.2, -0.15) is 0 Å². The SMILES string of the molecule is C[SiH](C)CC[Si](C)(CC[SiH](C)C)CC[SiH](C)C. The van der Waals surface area contributed by atoms with Crippen LogP contribution in [0.3, 0.4) is 0 Å². The lowest BCUT2D eigenvalue weighted by Crippen LogP contribution is -2.32. The van der Waals surface area contributed by atoms with Gasteiger partial charge < -0.3 is 0 Å². The normalized spacial score (nSPS) is 13.1. The van der Waals surface area contributed by atoms with Crippen LogP contribution < -0.4 is 0 Å². The van der Waals surface area contributed by atoms with Crippen molar-refractivity contribution in [3.8, 4) is 0 Å². The van der Waals surface area contributed by atoms with Crippen molar-refractivity contribution >= 4 is 34.5 Å². The van der Waals surface area contributed by atoms with Gasteiger partial charge in [0.15, 0.2) is 0 Å². The molecule has 4 heteroatoms. The summed E-state index contributed by atoms with van der Waals surface area (Å²) in [7, 11) is -1.77. The van der Waals surface area contributed by atoms with E-state index in [4.69, 9.17) is 0 Å². The van der Waals surface area contributed by atoms with Gasteiger partial charge in [-0.05, 0) is 0 Å². The fourth-order valence-corrected chi connectivity index (χ4v) is 18.3. The first kappa shape index (κ1) is 17.9. The van der Waals surface area contributed by atoms with Gasteiger partial charge in [-0.25, -0.2) is 0 Å². The van der Waals surface area contributed by atoms with Crippen molar-refractivity contribution in [3.63, 3.8) is 0 Å². The van der Waals surface area contributed by atoms with Gasteiger partial charge in [-0.15, -0.1) is 0 Å². The summed E-state index contributed by atoms with van der Waals surface area (Å²) in [6, 6.07) is 9.88. The van der Waals surface area contributed by atoms with Crippen LogP contribution in [0.1, 0.15) is 0 Å². The average molecular weight is 305 g/mol. The second kappa shape index (κ2) is 8.88. The first-order valence-corrected chi connectivity index (χ1v) is 20.2. The fraction of sp³-hybridized carbons (Fsp3) is 1.00. The van der Waals surface area contributed by atoms with E-state index in [0.717, 1.165) is 0 Å². The predicted molar refractivity (Wildman–Crippen MR) is 97.1 cm³/mol. The molecule has 0 spiro atoms. The van der Waals surface area contributed by atoms with Crippen molar-refractivity contribution in [2.45, 2.75) is 82.1 Å². The van der Waals surface area contributed by atoms with E-state index in [1.54, 1.807) is 36.3 Å². The lowest BCUT2D eigenvalue weighted by molar-refractivity contribution is 1.14. The summed E-state index contributed by atoms with van der Waals surface area (Å²) in [4.78, 5) is 0. The Morgan fingerprint density at radius 1 is 0.588 bits per heavy atom. The Morgan fingerprint density at radius 2 is 0.824 bits per heavy atom. The van der Waals surface area contributed by atoms with Crippen molar-refractivity contribution in [1.82, 2.24) is 0 Å². The molecule has 0 atom stereocenters. The third-order valence-corrected chi connectivity index (χ3v) is 14.5. The highest BCUT2D eigenvalue weighted by Gasteiger charge is 2.27. The number of hydrogen-bond acceptors (Lipinski definition) is 0. The molecule has 0 saturated carbocycles. The Hall–Kier alpha value is 0.868. The van der Waals surface area contributed by atoms with Crippen LogP contribution in [0.15, 0.2) is 0 Å². The maximum absolute atomic E-state index is 2.73. The molecule has 0 fully saturated rings. The maximum atomic E-state index is 2.73. The highest BCUT2D eigenvalue weighted by Crippen LogP contribution is 2.29. The van der Waals surface area contributed by atoms with Gasteiger partial charge in [0.05, 0.1) is 0 Å². The Morgan fingerprint density at radius 3 is 1.00 bits per heavy atom. The van der Waals surface area contributed by atoms with E-state index in [-0.39, 0.29) is 26.4 Å². The van der Waals surface area contributed by atoms with Crippen LogP contribution in [0.4, 0.5) is 0 Å². The molecule has 104 valence electrons. The average Bonchev–Trinajstić information content (AvgIpc) is 2.21. The molecule has 0 amide bonds. The van der Waals surface area contributed by atoms with Crippen molar-refractivity contribution in [2.24, 2.45) is 0 Å². The zero-order valence-electron chi connectivity index (χ0n) is 13.5. The Kier molecular flexibility index (Phi) is 9.33. The molecule has 17 heavy (non-hydrogen) atoms. The Labute approximate surface area is 116 Å². The molecular weight excluding hydrogens is 268 g/mol. The van der Waals surface area contributed by atoms with Crippen molar-refractivity contribution in [1.29, 1.82) is 0 Å². The van der Waals surface area contributed by atoms with Crippen molar-refractivity contribution < 1.29 is 0 Å². The highest BCUT2D eigenvalue weighted by atomic mass is 28.3. The van der Waals surface area contributed by atoms with Crippen LogP contribution in [0.5, 0.6) is 0 Å². The van der Waals surface area contributed by atoms with E-state index < -0.39 is 8.07 Å². The van der Waals surface area contributed by atoms with E-state index in [2.05, 4.69) is 45.8 Å². The summed E-state index contributed by atoms with van der Waals surface area (Å²) in [5.74, 6) is 0. The molecule has 0 heterocycles. The molecule has 0 rings (SSSR count). The second-order valence-electron chi connectivity index (χ2n) is 7.61. The van der Waals surface area contributed by atoms with Crippen LogP contribution in [0.2, 0.25) is 82.1 Å². The minimum atomic E-state index is -0.834. The van der Waals surface area contributed by atoms with Gasteiger partial charge in [0, 0.05) is 34.5 Å². The molecule has 0 unspecified atom stereocenters. The monoisotopic (exact) mass is 304 g/mol. The van der Waals surface area contributed by atoms with E-state index in [1.807, 2.05) is 0 Å². The predicted octanol–water partition coefficient (Wildman–Crippen LogP) is 4.53. The molecule has 0 saturated heterocycles. The smallest absolute Gasteiger partial charge is 0.0496 e. The lowest BCUT2D eigenvalue weighted by Gasteiger charge is -2.29. The Bertz CT molecular complexity index is 159. The summed E-state index contributed by atoms with van der Waals surface area (Å²) >= 11 is 0. The third kappa shape index (κ3) is 10.5. The van der Waals surface area contributed by atoms with Gasteiger partial charge in [-0.3, -0.25) is 0 Å². The van der Waals surface area contributed by atoms with Gasteiger partial charge in [0.1, 0.15) is 0 Å². The second-order valence-corrected chi connectivity index (χ2v) is 22.8. The third-order valence-electron chi connectivity index (χ3n) is 3.98. The van der Waals surface area contributed by atoms with E-state index >= 15 is 0 Å². The van der Waals surface area contributed by atoms with Crippen LogP contribution in [-0.4, -0.2) is 34.5 Å². The molecular formula is C13H36Si4. The quantitative estimate of drug-likeness (QED) is 0.549. The minimum absolute atomic E-state index is 0.312. The minimum Gasteiger partial charge on any atom is -0.0722 e. The largest absolute Gasteiger partial charge is 0.0722 e. The van der Waals surface area contributed by atoms with Crippen molar-refractivity contribution in [2.75, 3.05) is 0 Å². The number of hydrogen-bond donors (Lipinski definition) is 0. The molecule has 0 aromatic rings. The van der Waals surface area contributed by atoms with Gasteiger partial charge in [0.2, 0.25) is 0 Å². The van der Waals surface area contributed by atoms with E-state index in [0.29, 0.717) is 0 Å². The molecule has 0 aliphatic heterocycles. The molecule has 0 aromatic heterocycles. The molecule has 0 bridgehead atoms. The molecule has 0 radical (unpaired) electrons. The van der Waals surface area contributed by atoms with E-state index in [9.17, 15) is 0 Å². The molecule has 0 N–H and O–H groups in total. The van der Waals surface area contributed by atoms with Crippen LogP contribution in [-0.2, 0) is 0 Å². The van der Waals surface area contributed by atoms with Crippen LogP contribution in [0.25, 0.3) is 0 Å². The summed E-state index contributed by atoms with van der Waals surface area (Å²) in [5.41, 5.74) is 0. The number of rotatable bonds is 9. The zero-order chi connectivity index (χ0) is 13.5. The summed E-state index contributed by atoms with van der Waals surface area (Å²) in [6.07, 6.45) is 0. The summed E-state index contributed by atoms with van der Waals surface area (Å²) in [5, 5.41) is 0. The lowest BCUT2D eigenvalue weighted by atomic mass is 10.9. The maximum Gasteiger partial charge on any atom is 0.0496 e. The molecule has 0 aromatic carbocycles. The zero-order valence-corrected chi connectivity index (χ0v) is 17.9. The topological polar surface area (TPSA) is 0 Å². The van der Waals surface area contributed by atoms with E-state index in [1.165, 1.54) is 0 Å². The van der Waals surface area contributed by atoms with Gasteiger partial charge >= 0.3 is 0 Å². The first-order chi connectivity index (χ1) is 7.75. The highest BCUT2D eigenvalue weighted by molar-refractivity contribution is 6.81. The molecule has 0 nitrogen and oxygen atoms in total. The first-order valence-electron chi connectivity index (χ1n) is 7.75. The van der Waals surface area contributed by atoms with Gasteiger partial charge in [-0.1, -0.05) is 82.1 Å². The molecule has 0 aliphatic carbocycles. The van der Waals surface area contributed by atoms with Crippen molar-refractivity contribution in [3.05, 3.63) is 0 Å². The summed E-state index contributed by atoms with van der Waals surface area (Å²) < 4.78 is 0. The Balaban J connectivity index is 4.23. The fourth-order valence-electron chi connectivity index (χ4n) is 2.29. The van der Waals surface area contributed by atoms with Crippen LogP contribution >= 0.6 is 0 Å². The standard InChI is InChI=1S/C13H36Si4/c1-14(2)8-11-17(7,12-9-15(3)4)13-10-16(5)6/h14-16H,8-13H2,1-7H3. The molecule has 0 aliphatic rings. The van der Waals surface area contributed by atoms with Crippen LogP contribution in [0, 0.1) is 0 Å². The van der Waals surface area contributed by atoms with Gasteiger partial charge in [0.25, 0.3) is 0 Å². The summed E-state index contributed by atoms with van der Waals surface area (Å²) in [6.45, 7) is 17.9.